The Morgan fingerprint density at radius 3 is 2.30 bits per heavy atom. The number of hydrogen-bond acceptors (Lipinski definition) is 3. The summed E-state index contributed by atoms with van der Waals surface area (Å²) in [5, 5.41) is 9.14. The van der Waals surface area contributed by atoms with Crippen LogP contribution in [-0.4, -0.2) is 36.9 Å². The third-order valence-electron chi connectivity index (χ3n) is 4.00. The van der Waals surface area contributed by atoms with Gasteiger partial charge in [0.05, 0.1) is 10.5 Å². The molecule has 0 aliphatic heterocycles. The van der Waals surface area contributed by atoms with Crippen LogP contribution in [0.1, 0.15) is 40.7 Å². The van der Waals surface area contributed by atoms with Crippen molar-refractivity contribution in [3.8, 4) is 0 Å². The molecule has 1 aliphatic rings. The number of carbonyl (C=O) groups is 1. The molecule has 0 radical (unpaired) electrons. The second-order valence-electron chi connectivity index (χ2n) is 5.34. The van der Waals surface area contributed by atoms with Gasteiger partial charge in [-0.2, -0.15) is 4.31 Å². The van der Waals surface area contributed by atoms with E-state index in [1.807, 2.05) is 0 Å². The monoisotopic (exact) mass is 297 g/mol. The lowest BCUT2D eigenvalue weighted by Crippen LogP contribution is -2.41. The molecule has 20 heavy (non-hydrogen) atoms. The highest BCUT2D eigenvalue weighted by molar-refractivity contribution is 7.89. The molecule has 1 aromatic carbocycles. The average molecular weight is 297 g/mol. The molecule has 0 bridgehead atoms. The van der Waals surface area contributed by atoms with Crippen molar-refractivity contribution in [1.82, 2.24) is 4.31 Å². The first-order valence-electron chi connectivity index (χ1n) is 6.57. The van der Waals surface area contributed by atoms with Crippen LogP contribution in [-0.2, 0) is 10.0 Å². The van der Waals surface area contributed by atoms with E-state index in [2.05, 4.69) is 0 Å². The summed E-state index contributed by atoms with van der Waals surface area (Å²) in [5.41, 5.74) is 1.19. The van der Waals surface area contributed by atoms with Crippen molar-refractivity contribution in [2.75, 3.05) is 7.05 Å². The van der Waals surface area contributed by atoms with Crippen LogP contribution in [0.2, 0.25) is 0 Å². The fourth-order valence-electron chi connectivity index (χ4n) is 2.44. The first-order chi connectivity index (χ1) is 9.25. The number of hydrogen-bond donors (Lipinski definition) is 1. The lowest BCUT2D eigenvalue weighted by Gasteiger charge is -2.34. The molecule has 0 unspecified atom stereocenters. The minimum atomic E-state index is -3.63. The third kappa shape index (κ3) is 2.45. The molecule has 5 nitrogen and oxygen atoms in total. The molecule has 1 saturated carbocycles. The van der Waals surface area contributed by atoms with Crippen LogP contribution in [0.3, 0.4) is 0 Å². The summed E-state index contributed by atoms with van der Waals surface area (Å²) < 4.78 is 26.6. The highest BCUT2D eigenvalue weighted by atomic mass is 32.2. The molecular weight excluding hydrogens is 278 g/mol. The Bertz CT molecular complexity index is 647. The number of nitrogens with zero attached hydrogens (tertiary/aromatic N) is 1. The van der Waals surface area contributed by atoms with E-state index in [-0.39, 0.29) is 16.5 Å². The Hall–Kier alpha value is -1.40. The Labute approximate surface area is 119 Å². The van der Waals surface area contributed by atoms with Crippen LogP contribution < -0.4 is 0 Å². The second-order valence-corrected chi connectivity index (χ2v) is 7.31. The summed E-state index contributed by atoms with van der Waals surface area (Å²) in [5.74, 6) is -1.11. The van der Waals surface area contributed by atoms with Crippen molar-refractivity contribution in [3.05, 3.63) is 28.8 Å². The summed E-state index contributed by atoms with van der Waals surface area (Å²) in [6.07, 6.45) is 2.77. The van der Waals surface area contributed by atoms with E-state index >= 15 is 0 Å². The molecule has 0 aromatic heterocycles. The summed E-state index contributed by atoms with van der Waals surface area (Å²) in [6.45, 7) is 3.36. The predicted octanol–water partition coefficient (Wildman–Crippen LogP) is 2.17. The van der Waals surface area contributed by atoms with Crippen molar-refractivity contribution in [3.63, 3.8) is 0 Å². The van der Waals surface area contributed by atoms with Crippen LogP contribution in [0.5, 0.6) is 0 Å². The van der Waals surface area contributed by atoms with Gasteiger partial charge in [0.15, 0.2) is 0 Å². The highest BCUT2D eigenvalue weighted by Crippen LogP contribution is 2.30. The van der Waals surface area contributed by atoms with Crippen LogP contribution in [0.4, 0.5) is 0 Å². The summed E-state index contributed by atoms with van der Waals surface area (Å²) in [4.78, 5) is 11.3. The molecular formula is C14H19NO4S. The molecule has 0 heterocycles. The van der Waals surface area contributed by atoms with Crippen molar-refractivity contribution in [1.29, 1.82) is 0 Å². The number of aryl methyl sites for hydroxylation is 2. The van der Waals surface area contributed by atoms with Gasteiger partial charge in [-0.25, -0.2) is 13.2 Å². The van der Waals surface area contributed by atoms with Gasteiger partial charge < -0.3 is 5.11 Å². The third-order valence-corrected chi connectivity index (χ3v) is 6.05. The number of carboxylic acids is 1. The van der Waals surface area contributed by atoms with Gasteiger partial charge >= 0.3 is 5.97 Å². The normalized spacial score (nSPS) is 16.2. The fourth-order valence-corrected chi connectivity index (χ4v) is 4.09. The van der Waals surface area contributed by atoms with Gasteiger partial charge in [-0.05, 0) is 43.9 Å². The maximum atomic E-state index is 12.6. The maximum Gasteiger partial charge on any atom is 0.335 e. The highest BCUT2D eigenvalue weighted by Gasteiger charge is 2.33. The van der Waals surface area contributed by atoms with E-state index in [4.69, 9.17) is 5.11 Å². The topological polar surface area (TPSA) is 74.7 Å². The Balaban J connectivity index is 2.50. The van der Waals surface area contributed by atoms with Crippen molar-refractivity contribution in [2.24, 2.45) is 0 Å². The molecule has 0 spiro atoms. The van der Waals surface area contributed by atoms with E-state index in [9.17, 15) is 13.2 Å². The summed E-state index contributed by atoms with van der Waals surface area (Å²) >= 11 is 0. The molecule has 1 aliphatic carbocycles. The molecule has 6 heteroatoms. The van der Waals surface area contributed by atoms with E-state index in [0.717, 1.165) is 19.3 Å². The smallest absolute Gasteiger partial charge is 0.335 e. The predicted molar refractivity (Wildman–Crippen MR) is 75.5 cm³/mol. The fraction of sp³-hybridized carbons (Fsp3) is 0.500. The molecule has 0 saturated heterocycles. The number of carboxylic acid groups (broad SMARTS) is 1. The summed E-state index contributed by atoms with van der Waals surface area (Å²) in [7, 11) is -2.06. The Kier molecular flexibility index (Phi) is 3.88. The van der Waals surface area contributed by atoms with Gasteiger partial charge in [0.2, 0.25) is 10.0 Å². The van der Waals surface area contributed by atoms with Crippen LogP contribution in [0, 0.1) is 13.8 Å². The van der Waals surface area contributed by atoms with E-state index in [0.29, 0.717) is 11.1 Å². The standard InChI is InChI=1S/C14H19NO4S/c1-9-7-10(2)13(8-12(9)14(16)17)20(18,19)15(3)11-5-4-6-11/h7-8,11H,4-6H2,1-3H3,(H,16,17). The van der Waals surface area contributed by atoms with Crippen LogP contribution in [0.25, 0.3) is 0 Å². The largest absolute Gasteiger partial charge is 0.478 e. The number of sulfonamides is 1. The first kappa shape index (κ1) is 15.0. The maximum absolute atomic E-state index is 12.6. The molecule has 2 rings (SSSR count). The minimum Gasteiger partial charge on any atom is -0.478 e. The van der Waals surface area contributed by atoms with E-state index in [1.165, 1.54) is 10.4 Å². The average Bonchev–Trinajstić information content (AvgIpc) is 2.25. The quantitative estimate of drug-likeness (QED) is 0.924. The minimum absolute atomic E-state index is 0.0361. The van der Waals surface area contributed by atoms with Gasteiger partial charge in [-0.1, -0.05) is 12.5 Å². The van der Waals surface area contributed by atoms with Gasteiger partial charge in [0, 0.05) is 13.1 Å². The van der Waals surface area contributed by atoms with Gasteiger partial charge in [0.25, 0.3) is 0 Å². The lowest BCUT2D eigenvalue weighted by atomic mass is 9.94. The Morgan fingerprint density at radius 1 is 1.25 bits per heavy atom. The van der Waals surface area contributed by atoms with Crippen LogP contribution in [0.15, 0.2) is 17.0 Å². The van der Waals surface area contributed by atoms with Crippen molar-refractivity contribution < 1.29 is 18.3 Å². The SMILES string of the molecule is Cc1cc(C)c(S(=O)(=O)N(C)C2CCC2)cc1C(=O)O. The Morgan fingerprint density at radius 2 is 1.85 bits per heavy atom. The zero-order valence-electron chi connectivity index (χ0n) is 11.9. The molecule has 1 aromatic rings. The van der Waals surface area contributed by atoms with E-state index in [1.54, 1.807) is 27.0 Å². The van der Waals surface area contributed by atoms with Gasteiger partial charge in [0.1, 0.15) is 0 Å². The van der Waals surface area contributed by atoms with Gasteiger partial charge in [-0.3, -0.25) is 0 Å². The zero-order valence-corrected chi connectivity index (χ0v) is 12.7. The molecule has 0 atom stereocenters. The number of benzene rings is 1. The van der Waals surface area contributed by atoms with Crippen molar-refractivity contribution >= 4 is 16.0 Å². The second kappa shape index (κ2) is 5.18. The molecule has 1 fully saturated rings. The molecule has 110 valence electrons. The molecule has 0 amide bonds. The van der Waals surface area contributed by atoms with Gasteiger partial charge in [-0.15, -0.1) is 0 Å². The van der Waals surface area contributed by atoms with E-state index < -0.39 is 16.0 Å². The lowest BCUT2D eigenvalue weighted by molar-refractivity contribution is 0.0696. The van der Waals surface area contributed by atoms with Crippen molar-refractivity contribution in [2.45, 2.75) is 44.0 Å². The zero-order chi connectivity index (χ0) is 15.1. The first-order valence-corrected chi connectivity index (χ1v) is 8.01. The number of rotatable bonds is 4. The van der Waals surface area contributed by atoms with Crippen LogP contribution >= 0.6 is 0 Å². The molecule has 1 N–H and O–H groups in total. The summed E-state index contributed by atoms with van der Waals surface area (Å²) in [6, 6.07) is 2.93. The number of aromatic carboxylic acids is 1.